The molecule has 0 unspecified atom stereocenters. The molecule has 1 saturated heterocycles. The van der Waals surface area contributed by atoms with Crippen LogP contribution in [0.3, 0.4) is 0 Å². The Morgan fingerprint density at radius 3 is 2.14 bits per heavy atom. The van der Waals surface area contributed by atoms with Crippen LogP contribution in [0.2, 0.25) is 0 Å². The van der Waals surface area contributed by atoms with Crippen molar-refractivity contribution in [3.63, 3.8) is 0 Å². The summed E-state index contributed by atoms with van der Waals surface area (Å²) in [6.45, 7) is 9.25. The number of nitrogens with zero attached hydrogens (tertiary/aromatic N) is 2. The van der Waals surface area contributed by atoms with Gasteiger partial charge < -0.3 is 18.8 Å². The Bertz CT molecular complexity index is 449. The molecule has 0 N–H and O–H groups in total. The molecule has 2 rings (SSSR count). The Morgan fingerprint density at radius 1 is 1.05 bits per heavy atom. The molecule has 0 amide bonds. The Hall–Kier alpha value is -1.18. The van der Waals surface area contributed by atoms with Crippen LogP contribution >= 0.6 is 0 Å². The first-order chi connectivity index (χ1) is 9.86. The lowest BCUT2D eigenvalue weighted by Gasteiger charge is -2.32. The van der Waals surface area contributed by atoms with Gasteiger partial charge in [0.1, 0.15) is 0 Å². The van der Waals surface area contributed by atoms with Gasteiger partial charge in [-0.25, -0.2) is 9.97 Å². The van der Waals surface area contributed by atoms with Gasteiger partial charge in [0.15, 0.2) is 0 Å². The minimum atomic E-state index is -0.447. The molecule has 0 bridgehead atoms. The summed E-state index contributed by atoms with van der Waals surface area (Å²) in [4.78, 5) is 8.36. The zero-order valence-corrected chi connectivity index (χ0v) is 13.4. The molecule has 7 heteroatoms. The van der Waals surface area contributed by atoms with Crippen LogP contribution < -0.4 is 10.2 Å². The second-order valence-electron chi connectivity index (χ2n) is 6.08. The van der Waals surface area contributed by atoms with E-state index in [0.717, 1.165) is 11.9 Å². The molecule has 1 aromatic heterocycles. The standard InChI is InChI=1S/C14H23BN2O4/c1-13(2)14(3,4)21-15(20-13)11-9-16-12(17-10-11)19-8-6-7-18-5/h9-10H,6-8H2,1-5H3. The zero-order valence-electron chi connectivity index (χ0n) is 13.4. The van der Waals surface area contributed by atoms with Gasteiger partial charge >= 0.3 is 13.1 Å². The lowest BCUT2D eigenvalue weighted by molar-refractivity contribution is 0.00578. The van der Waals surface area contributed by atoms with Crippen molar-refractivity contribution >= 4 is 12.6 Å². The highest BCUT2D eigenvalue weighted by molar-refractivity contribution is 6.61. The van der Waals surface area contributed by atoms with Gasteiger partial charge in [-0.1, -0.05) is 0 Å². The summed E-state index contributed by atoms with van der Waals surface area (Å²) in [5.74, 6) is 0. The quantitative estimate of drug-likeness (QED) is 0.580. The molecule has 0 aromatic carbocycles. The third-order valence-corrected chi connectivity index (χ3v) is 3.90. The molecule has 1 aliphatic rings. The summed E-state index contributed by atoms with van der Waals surface area (Å²) in [5, 5.41) is 0. The van der Waals surface area contributed by atoms with Gasteiger partial charge in [-0.2, -0.15) is 0 Å². The third kappa shape index (κ3) is 3.72. The number of ether oxygens (including phenoxy) is 2. The first kappa shape index (κ1) is 16.2. The van der Waals surface area contributed by atoms with E-state index in [2.05, 4.69) is 9.97 Å². The molecule has 1 fully saturated rings. The molecule has 116 valence electrons. The van der Waals surface area contributed by atoms with E-state index in [-0.39, 0.29) is 11.2 Å². The van der Waals surface area contributed by atoms with Crippen LogP contribution in [0.1, 0.15) is 34.1 Å². The molecule has 0 saturated carbocycles. The predicted molar refractivity (Wildman–Crippen MR) is 79.7 cm³/mol. The van der Waals surface area contributed by atoms with Crippen LogP contribution in [-0.2, 0) is 14.0 Å². The highest BCUT2D eigenvalue weighted by Crippen LogP contribution is 2.36. The van der Waals surface area contributed by atoms with E-state index in [9.17, 15) is 0 Å². The zero-order chi connectivity index (χ0) is 15.5. The van der Waals surface area contributed by atoms with Crippen molar-refractivity contribution in [3.05, 3.63) is 12.4 Å². The second-order valence-corrected chi connectivity index (χ2v) is 6.08. The summed E-state index contributed by atoms with van der Waals surface area (Å²) in [5.41, 5.74) is 0.0536. The highest BCUT2D eigenvalue weighted by atomic mass is 16.7. The van der Waals surface area contributed by atoms with Crippen molar-refractivity contribution < 1.29 is 18.8 Å². The van der Waals surface area contributed by atoms with Crippen molar-refractivity contribution in [2.75, 3.05) is 20.3 Å². The van der Waals surface area contributed by atoms with Gasteiger partial charge in [-0.05, 0) is 27.7 Å². The predicted octanol–water partition coefficient (Wildman–Crippen LogP) is 1.19. The van der Waals surface area contributed by atoms with E-state index < -0.39 is 7.12 Å². The third-order valence-electron chi connectivity index (χ3n) is 3.90. The molecule has 0 spiro atoms. The van der Waals surface area contributed by atoms with Crippen molar-refractivity contribution in [2.24, 2.45) is 0 Å². The van der Waals surface area contributed by atoms with E-state index in [0.29, 0.717) is 19.2 Å². The van der Waals surface area contributed by atoms with Gasteiger partial charge in [-0.15, -0.1) is 0 Å². The van der Waals surface area contributed by atoms with E-state index >= 15 is 0 Å². The number of aromatic nitrogens is 2. The Balaban J connectivity index is 1.94. The first-order valence-corrected chi connectivity index (χ1v) is 7.15. The largest absolute Gasteiger partial charge is 0.498 e. The SMILES string of the molecule is COCCCOc1ncc(B2OC(C)(C)C(C)(C)O2)cn1. The molecular formula is C14H23BN2O4. The number of rotatable bonds is 6. The van der Waals surface area contributed by atoms with Crippen LogP contribution in [0.4, 0.5) is 0 Å². The van der Waals surface area contributed by atoms with Gasteiger partial charge in [-0.3, -0.25) is 0 Å². The van der Waals surface area contributed by atoms with E-state index in [1.54, 1.807) is 19.5 Å². The van der Waals surface area contributed by atoms with Crippen LogP contribution in [-0.4, -0.2) is 48.6 Å². The van der Waals surface area contributed by atoms with Gasteiger partial charge in [0.05, 0.1) is 17.8 Å². The number of methoxy groups -OCH3 is 1. The molecule has 0 radical (unpaired) electrons. The van der Waals surface area contributed by atoms with Crippen molar-refractivity contribution in [3.8, 4) is 6.01 Å². The molecular weight excluding hydrogens is 271 g/mol. The minimum Gasteiger partial charge on any atom is -0.463 e. The topological polar surface area (TPSA) is 62.7 Å². The smallest absolute Gasteiger partial charge is 0.463 e. The van der Waals surface area contributed by atoms with E-state index in [1.165, 1.54) is 0 Å². The molecule has 0 aliphatic carbocycles. The molecule has 2 heterocycles. The first-order valence-electron chi connectivity index (χ1n) is 7.15. The summed E-state index contributed by atoms with van der Waals surface area (Å²) < 4.78 is 22.3. The molecule has 1 aromatic rings. The fourth-order valence-corrected chi connectivity index (χ4v) is 1.87. The summed E-state index contributed by atoms with van der Waals surface area (Å²) in [6.07, 6.45) is 4.17. The summed E-state index contributed by atoms with van der Waals surface area (Å²) in [7, 11) is 1.22. The highest BCUT2D eigenvalue weighted by Gasteiger charge is 2.51. The van der Waals surface area contributed by atoms with Crippen molar-refractivity contribution in [2.45, 2.75) is 45.3 Å². The molecule has 1 aliphatic heterocycles. The van der Waals surface area contributed by atoms with Crippen molar-refractivity contribution in [1.29, 1.82) is 0 Å². The molecule has 6 nitrogen and oxygen atoms in total. The monoisotopic (exact) mass is 294 g/mol. The lowest BCUT2D eigenvalue weighted by Crippen LogP contribution is -2.41. The summed E-state index contributed by atoms with van der Waals surface area (Å²) in [6, 6.07) is 0.353. The second kappa shape index (κ2) is 6.29. The van der Waals surface area contributed by atoms with Gasteiger partial charge in [0.2, 0.25) is 0 Å². The van der Waals surface area contributed by atoms with E-state index in [1.807, 2.05) is 27.7 Å². The fraction of sp³-hybridized carbons (Fsp3) is 0.714. The molecule has 21 heavy (non-hydrogen) atoms. The van der Waals surface area contributed by atoms with Crippen LogP contribution in [0, 0.1) is 0 Å². The fourth-order valence-electron chi connectivity index (χ4n) is 1.87. The van der Waals surface area contributed by atoms with Crippen molar-refractivity contribution in [1.82, 2.24) is 9.97 Å². The number of hydrogen-bond acceptors (Lipinski definition) is 6. The maximum atomic E-state index is 5.94. The maximum absolute atomic E-state index is 5.94. The van der Waals surface area contributed by atoms with Gasteiger partial charge in [0.25, 0.3) is 0 Å². The average molecular weight is 294 g/mol. The van der Waals surface area contributed by atoms with Crippen LogP contribution in [0.5, 0.6) is 6.01 Å². The normalized spacial score (nSPS) is 19.8. The van der Waals surface area contributed by atoms with Crippen LogP contribution in [0.25, 0.3) is 0 Å². The lowest BCUT2D eigenvalue weighted by atomic mass is 9.81. The van der Waals surface area contributed by atoms with Gasteiger partial charge in [0, 0.05) is 38.0 Å². The number of hydrogen-bond donors (Lipinski definition) is 0. The average Bonchev–Trinajstić information content (AvgIpc) is 2.64. The maximum Gasteiger partial charge on any atom is 0.498 e. The Morgan fingerprint density at radius 2 is 1.62 bits per heavy atom. The molecule has 0 atom stereocenters. The van der Waals surface area contributed by atoms with E-state index in [4.69, 9.17) is 18.8 Å². The Labute approximate surface area is 126 Å². The van der Waals surface area contributed by atoms with Crippen LogP contribution in [0.15, 0.2) is 12.4 Å². The minimum absolute atomic E-state index is 0.353. The Kier molecular flexibility index (Phi) is 4.86. The summed E-state index contributed by atoms with van der Waals surface area (Å²) >= 11 is 0.